The number of H-pyrrole nitrogens is 1. The normalized spacial score (nSPS) is 17.9. The number of carbonyl (C=O) groups excluding carboxylic acids is 1. The van der Waals surface area contributed by atoms with E-state index in [1.807, 2.05) is 20.8 Å². The Bertz CT molecular complexity index is 803. The highest BCUT2D eigenvalue weighted by atomic mass is 16.5. The first kappa shape index (κ1) is 14.8. The fraction of sp³-hybridized carbons (Fsp3) is 0.533. The zero-order chi connectivity index (χ0) is 16.1. The third-order valence-corrected chi connectivity index (χ3v) is 3.89. The summed E-state index contributed by atoms with van der Waals surface area (Å²) in [5.41, 5.74) is 0.944. The first-order valence-electron chi connectivity index (χ1n) is 7.28. The Morgan fingerprint density at radius 3 is 2.86 bits per heavy atom. The van der Waals surface area contributed by atoms with Gasteiger partial charge in [0.15, 0.2) is 5.65 Å². The monoisotopic (exact) mass is 304 g/mol. The quantitative estimate of drug-likeness (QED) is 0.846. The van der Waals surface area contributed by atoms with Crippen LogP contribution in [0.4, 0.5) is 0 Å². The summed E-state index contributed by atoms with van der Waals surface area (Å²) >= 11 is 0. The first-order chi connectivity index (χ1) is 10.3. The summed E-state index contributed by atoms with van der Waals surface area (Å²) in [6, 6.07) is 1.68. The van der Waals surface area contributed by atoms with E-state index in [1.165, 1.54) is 0 Å². The number of pyridine rings is 1. The summed E-state index contributed by atoms with van der Waals surface area (Å²) in [6.07, 6.45) is 0. The molecule has 0 unspecified atom stereocenters. The number of carbonyl (C=O) groups is 1. The Labute approximate surface area is 127 Å². The smallest absolute Gasteiger partial charge is 0.274 e. The predicted molar refractivity (Wildman–Crippen MR) is 82.0 cm³/mol. The van der Waals surface area contributed by atoms with Crippen LogP contribution in [0.5, 0.6) is 0 Å². The maximum Gasteiger partial charge on any atom is 0.274 e. The SMILES string of the molecule is Cc1cc(C(=O)N2CCOC(C)(C)C2)c2c(=O)[nH]n(C)c2n1. The molecule has 1 aliphatic rings. The maximum absolute atomic E-state index is 12.9. The molecule has 7 heteroatoms. The minimum Gasteiger partial charge on any atom is -0.372 e. The van der Waals surface area contributed by atoms with Crippen molar-refractivity contribution in [3.05, 3.63) is 27.7 Å². The van der Waals surface area contributed by atoms with Crippen LogP contribution in [0.25, 0.3) is 11.0 Å². The number of ether oxygens (including phenoxy) is 1. The van der Waals surface area contributed by atoms with Crippen molar-refractivity contribution in [3.8, 4) is 0 Å². The van der Waals surface area contributed by atoms with Crippen LogP contribution in [-0.4, -0.2) is 50.9 Å². The zero-order valence-corrected chi connectivity index (χ0v) is 13.3. The van der Waals surface area contributed by atoms with Gasteiger partial charge in [0.25, 0.3) is 11.5 Å². The van der Waals surface area contributed by atoms with Crippen molar-refractivity contribution in [3.63, 3.8) is 0 Å². The number of aromatic amines is 1. The van der Waals surface area contributed by atoms with E-state index in [9.17, 15) is 9.59 Å². The van der Waals surface area contributed by atoms with Crippen LogP contribution in [0.15, 0.2) is 10.9 Å². The Hall–Kier alpha value is -2.15. The van der Waals surface area contributed by atoms with Gasteiger partial charge in [-0.3, -0.25) is 19.4 Å². The van der Waals surface area contributed by atoms with E-state index in [4.69, 9.17) is 4.74 Å². The van der Waals surface area contributed by atoms with Gasteiger partial charge in [0.05, 0.1) is 23.2 Å². The molecule has 1 fully saturated rings. The summed E-state index contributed by atoms with van der Waals surface area (Å²) < 4.78 is 7.19. The molecule has 0 bridgehead atoms. The van der Waals surface area contributed by atoms with Crippen LogP contribution in [0, 0.1) is 6.92 Å². The van der Waals surface area contributed by atoms with E-state index in [-0.39, 0.29) is 17.1 Å². The highest BCUT2D eigenvalue weighted by Gasteiger charge is 2.31. The highest BCUT2D eigenvalue weighted by Crippen LogP contribution is 2.21. The summed E-state index contributed by atoms with van der Waals surface area (Å²) in [7, 11) is 1.71. The van der Waals surface area contributed by atoms with Crippen molar-refractivity contribution in [1.82, 2.24) is 19.7 Å². The van der Waals surface area contributed by atoms with Gasteiger partial charge in [0, 0.05) is 25.8 Å². The van der Waals surface area contributed by atoms with Gasteiger partial charge in [0.2, 0.25) is 0 Å². The molecule has 1 saturated heterocycles. The zero-order valence-electron chi connectivity index (χ0n) is 13.3. The topological polar surface area (TPSA) is 80.2 Å². The van der Waals surface area contributed by atoms with Gasteiger partial charge in [-0.15, -0.1) is 0 Å². The fourth-order valence-electron chi connectivity index (χ4n) is 2.91. The van der Waals surface area contributed by atoms with Gasteiger partial charge >= 0.3 is 0 Å². The van der Waals surface area contributed by atoms with Crippen molar-refractivity contribution < 1.29 is 9.53 Å². The highest BCUT2D eigenvalue weighted by molar-refractivity contribution is 6.05. The van der Waals surface area contributed by atoms with E-state index >= 15 is 0 Å². The number of rotatable bonds is 1. The van der Waals surface area contributed by atoms with E-state index < -0.39 is 0 Å². The summed E-state index contributed by atoms with van der Waals surface area (Å²) in [5, 5.41) is 3.01. The predicted octanol–water partition coefficient (Wildman–Crippen LogP) is 0.821. The minimum atomic E-state index is -0.377. The Morgan fingerprint density at radius 2 is 2.18 bits per heavy atom. The van der Waals surface area contributed by atoms with E-state index in [0.29, 0.717) is 42.0 Å². The first-order valence-corrected chi connectivity index (χ1v) is 7.28. The molecule has 0 aliphatic carbocycles. The van der Waals surface area contributed by atoms with E-state index in [0.717, 1.165) is 0 Å². The molecule has 1 amide bonds. The van der Waals surface area contributed by atoms with Gasteiger partial charge in [-0.2, -0.15) is 0 Å². The standard InChI is InChI=1S/C15H20N4O3/c1-9-7-10(11-12(16-9)18(4)17-13(11)20)14(21)19-5-6-22-15(2,3)8-19/h7H,5-6,8H2,1-4H3,(H,17,20). The lowest BCUT2D eigenvalue weighted by molar-refractivity contribution is -0.0763. The molecule has 3 rings (SSSR count). The molecule has 7 nitrogen and oxygen atoms in total. The second-order valence-electron chi connectivity index (χ2n) is 6.34. The summed E-state index contributed by atoms with van der Waals surface area (Å²) in [5.74, 6) is -0.149. The fourth-order valence-corrected chi connectivity index (χ4v) is 2.91. The lowest BCUT2D eigenvalue weighted by Gasteiger charge is -2.38. The molecule has 1 N–H and O–H groups in total. The summed E-state index contributed by atoms with van der Waals surface area (Å²) in [4.78, 5) is 31.1. The number of morpholine rings is 1. The van der Waals surface area contributed by atoms with Gasteiger partial charge < -0.3 is 9.64 Å². The number of hydrogen-bond donors (Lipinski definition) is 1. The maximum atomic E-state index is 12.9. The van der Waals surface area contributed by atoms with Gasteiger partial charge in [-0.25, -0.2) is 4.98 Å². The van der Waals surface area contributed by atoms with Gasteiger partial charge in [-0.1, -0.05) is 0 Å². The average Bonchev–Trinajstić information content (AvgIpc) is 2.71. The number of amides is 1. The van der Waals surface area contributed by atoms with Crippen molar-refractivity contribution in [2.45, 2.75) is 26.4 Å². The molecule has 2 aromatic heterocycles. The molecular formula is C15H20N4O3. The van der Waals surface area contributed by atoms with Crippen LogP contribution in [0.1, 0.15) is 29.9 Å². The Balaban J connectivity index is 2.10. The molecule has 0 saturated carbocycles. The second kappa shape index (κ2) is 4.95. The molecule has 2 aromatic rings. The Morgan fingerprint density at radius 1 is 1.45 bits per heavy atom. The van der Waals surface area contributed by atoms with Crippen LogP contribution >= 0.6 is 0 Å². The van der Waals surface area contributed by atoms with Crippen molar-refractivity contribution in [1.29, 1.82) is 0 Å². The second-order valence-corrected chi connectivity index (χ2v) is 6.34. The van der Waals surface area contributed by atoms with Gasteiger partial charge in [0.1, 0.15) is 0 Å². The van der Waals surface area contributed by atoms with Crippen LogP contribution in [0.3, 0.4) is 0 Å². The molecular weight excluding hydrogens is 284 g/mol. The number of fused-ring (bicyclic) bond motifs is 1. The molecule has 3 heterocycles. The molecule has 1 aliphatic heterocycles. The van der Waals surface area contributed by atoms with Crippen molar-refractivity contribution >= 4 is 16.9 Å². The lowest BCUT2D eigenvalue weighted by Crippen LogP contribution is -2.50. The van der Waals surface area contributed by atoms with Crippen molar-refractivity contribution in [2.24, 2.45) is 7.05 Å². The molecule has 118 valence electrons. The van der Waals surface area contributed by atoms with Crippen molar-refractivity contribution in [2.75, 3.05) is 19.7 Å². The number of aryl methyl sites for hydroxylation is 2. The number of nitrogens with zero attached hydrogens (tertiary/aromatic N) is 3. The molecule has 22 heavy (non-hydrogen) atoms. The molecule has 0 spiro atoms. The number of hydrogen-bond acceptors (Lipinski definition) is 4. The van der Waals surface area contributed by atoms with E-state index in [2.05, 4.69) is 10.1 Å². The third kappa shape index (κ3) is 2.41. The molecule has 0 atom stereocenters. The summed E-state index contributed by atoms with van der Waals surface area (Å²) in [6.45, 7) is 7.24. The molecule has 0 radical (unpaired) electrons. The third-order valence-electron chi connectivity index (χ3n) is 3.89. The van der Waals surface area contributed by atoms with E-state index in [1.54, 1.807) is 22.7 Å². The van der Waals surface area contributed by atoms with Crippen LogP contribution < -0.4 is 5.56 Å². The molecule has 0 aromatic carbocycles. The number of nitrogens with one attached hydrogen (secondary N) is 1. The number of aromatic nitrogens is 3. The van der Waals surface area contributed by atoms with Crippen LogP contribution in [-0.2, 0) is 11.8 Å². The van der Waals surface area contributed by atoms with Crippen LogP contribution in [0.2, 0.25) is 0 Å². The van der Waals surface area contributed by atoms with Gasteiger partial charge in [-0.05, 0) is 26.8 Å². The largest absolute Gasteiger partial charge is 0.372 e. The lowest BCUT2D eigenvalue weighted by atomic mass is 10.1. The minimum absolute atomic E-state index is 0.149. The Kier molecular flexibility index (Phi) is 3.32. The average molecular weight is 304 g/mol.